The highest BCUT2D eigenvalue weighted by molar-refractivity contribution is 7.99. The fourth-order valence-corrected chi connectivity index (χ4v) is 2.52. The van der Waals surface area contributed by atoms with Crippen molar-refractivity contribution in [3.63, 3.8) is 0 Å². The molecule has 0 aliphatic rings. The van der Waals surface area contributed by atoms with Gasteiger partial charge in [0.05, 0.1) is 0 Å². The number of nitrogens with two attached hydrogens (primary N) is 1. The first kappa shape index (κ1) is 13.6. The number of hydrogen-bond donors (Lipinski definition) is 1. The molecule has 16 heavy (non-hydrogen) atoms. The van der Waals surface area contributed by atoms with Crippen molar-refractivity contribution in [2.24, 2.45) is 11.7 Å². The molecule has 0 aromatic heterocycles. The maximum Gasteiger partial charge on any atom is 0.0105 e. The van der Waals surface area contributed by atoms with E-state index in [0.29, 0.717) is 6.04 Å². The van der Waals surface area contributed by atoms with Gasteiger partial charge in [0.25, 0.3) is 0 Å². The van der Waals surface area contributed by atoms with Crippen LogP contribution in [0.2, 0.25) is 0 Å². The molecule has 0 heterocycles. The first-order chi connectivity index (χ1) is 7.63. The summed E-state index contributed by atoms with van der Waals surface area (Å²) in [6.45, 7) is 6.66. The van der Waals surface area contributed by atoms with Gasteiger partial charge < -0.3 is 5.73 Å². The predicted octanol–water partition coefficient (Wildman–Crippen LogP) is 3.71. The molecule has 1 aromatic carbocycles. The minimum absolute atomic E-state index is 0.292. The monoisotopic (exact) mass is 237 g/mol. The number of hydrogen-bond acceptors (Lipinski definition) is 2. The van der Waals surface area contributed by atoms with Gasteiger partial charge in [-0.3, -0.25) is 0 Å². The van der Waals surface area contributed by atoms with Crippen molar-refractivity contribution in [3.8, 4) is 0 Å². The Bertz CT molecular complexity index is 309. The molecule has 90 valence electrons. The predicted molar refractivity (Wildman–Crippen MR) is 74.0 cm³/mol. The van der Waals surface area contributed by atoms with Crippen molar-refractivity contribution >= 4 is 11.8 Å². The van der Waals surface area contributed by atoms with Crippen molar-refractivity contribution < 1.29 is 0 Å². The molecule has 0 spiro atoms. The van der Waals surface area contributed by atoms with Gasteiger partial charge in [-0.05, 0) is 30.4 Å². The number of rotatable bonds is 6. The van der Waals surface area contributed by atoms with Crippen LogP contribution in [-0.2, 0) is 6.42 Å². The van der Waals surface area contributed by atoms with Gasteiger partial charge in [-0.1, -0.05) is 39.0 Å². The molecule has 0 saturated carbocycles. The summed E-state index contributed by atoms with van der Waals surface area (Å²) in [6, 6.07) is 8.93. The summed E-state index contributed by atoms with van der Waals surface area (Å²) in [4.78, 5) is 1.40. The second kappa shape index (κ2) is 6.97. The van der Waals surface area contributed by atoms with Gasteiger partial charge in [0, 0.05) is 16.7 Å². The van der Waals surface area contributed by atoms with Crippen LogP contribution >= 0.6 is 11.8 Å². The Morgan fingerprint density at radius 3 is 2.56 bits per heavy atom. The van der Waals surface area contributed by atoms with Gasteiger partial charge >= 0.3 is 0 Å². The van der Waals surface area contributed by atoms with E-state index in [1.165, 1.54) is 16.2 Å². The Morgan fingerprint density at radius 2 is 1.94 bits per heavy atom. The molecule has 1 aromatic rings. The Morgan fingerprint density at radius 1 is 1.25 bits per heavy atom. The Labute approximate surface area is 104 Å². The van der Waals surface area contributed by atoms with Crippen molar-refractivity contribution in [2.45, 2.75) is 44.6 Å². The third-order valence-electron chi connectivity index (χ3n) is 2.55. The van der Waals surface area contributed by atoms with Gasteiger partial charge in [-0.15, -0.1) is 11.8 Å². The third kappa shape index (κ3) is 4.58. The topological polar surface area (TPSA) is 26.0 Å². The molecular weight excluding hydrogens is 214 g/mol. The number of thioether (sulfide) groups is 1. The molecule has 1 atom stereocenters. The zero-order chi connectivity index (χ0) is 12.0. The first-order valence-corrected chi connectivity index (χ1v) is 7.08. The fourth-order valence-electron chi connectivity index (χ4n) is 1.50. The quantitative estimate of drug-likeness (QED) is 0.763. The minimum atomic E-state index is 0.292. The normalized spacial score (nSPS) is 13.1. The van der Waals surface area contributed by atoms with Gasteiger partial charge in [-0.25, -0.2) is 0 Å². The molecule has 0 bridgehead atoms. The molecule has 0 amide bonds. The van der Waals surface area contributed by atoms with E-state index in [0.717, 1.165) is 18.8 Å². The fraction of sp³-hybridized carbons (Fsp3) is 0.571. The highest BCUT2D eigenvalue weighted by Crippen LogP contribution is 2.25. The Hall–Kier alpha value is -0.470. The van der Waals surface area contributed by atoms with Crippen LogP contribution in [0.4, 0.5) is 0 Å². The second-order valence-electron chi connectivity index (χ2n) is 4.69. The Balaban J connectivity index is 2.67. The average Bonchev–Trinajstić information content (AvgIpc) is 2.27. The van der Waals surface area contributed by atoms with Crippen LogP contribution in [0, 0.1) is 5.92 Å². The van der Waals surface area contributed by atoms with E-state index in [1.807, 2.05) is 11.8 Å². The van der Waals surface area contributed by atoms with Crippen molar-refractivity contribution in [1.82, 2.24) is 0 Å². The van der Waals surface area contributed by atoms with Crippen LogP contribution in [-0.4, -0.2) is 11.8 Å². The molecule has 1 rings (SSSR count). The summed E-state index contributed by atoms with van der Waals surface area (Å²) >= 11 is 1.95. The second-order valence-corrected chi connectivity index (χ2v) is 5.75. The highest BCUT2D eigenvalue weighted by atomic mass is 32.2. The summed E-state index contributed by atoms with van der Waals surface area (Å²) < 4.78 is 0. The first-order valence-electron chi connectivity index (χ1n) is 6.09. The van der Waals surface area contributed by atoms with E-state index in [4.69, 9.17) is 5.73 Å². The van der Waals surface area contributed by atoms with Gasteiger partial charge in [0.2, 0.25) is 0 Å². The van der Waals surface area contributed by atoms with Gasteiger partial charge in [-0.2, -0.15) is 0 Å². The summed E-state index contributed by atoms with van der Waals surface area (Å²) in [5.41, 5.74) is 7.43. The minimum Gasteiger partial charge on any atom is -0.327 e. The lowest BCUT2D eigenvalue weighted by atomic mass is 10.1. The molecule has 0 aliphatic heterocycles. The van der Waals surface area contributed by atoms with Crippen LogP contribution in [0.1, 0.15) is 32.8 Å². The highest BCUT2D eigenvalue weighted by Gasteiger charge is 2.07. The largest absolute Gasteiger partial charge is 0.327 e. The maximum absolute atomic E-state index is 6.02. The lowest BCUT2D eigenvalue weighted by Crippen LogP contribution is -2.21. The molecule has 1 unspecified atom stereocenters. The van der Waals surface area contributed by atoms with E-state index in [1.54, 1.807) is 0 Å². The molecule has 0 fully saturated rings. The molecule has 0 saturated heterocycles. The SMILES string of the molecule is CCC(N)Cc1ccccc1SCC(C)C. The van der Waals surface area contributed by atoms with Crippen LogP contribution in [0.3, 0.4) is 0 Å². The molecule has 0 aliphatic carbocycles. The molecule has 0 radical (unpaired) electrons. The van der Waals surface area contributed by atoms with Crippen LogP contribution in [0.15, 0.2) is 29.2 Å². The van der Waals surface area contributed by atoms with Crippen molar-refractivity contribution in [2.75, 3.05) is 5.75 Å². The van der Waals surface area contributed by atoms with E-state index >= 15 is 0 Å². The van der Waals surface area contributed by atoms with Gasteiger partial charge in [0.15, 0.2) is 0 Å². The maximum atomic E-state index is 6.02. The van der Waals surface area contributed by atoms with Crippen molar-refractivity contribution in [3.05, 3.63) is 29.8 Å². The van der Waals surface area contributed by atoms with E-state index in [9.17, 15) is 0 Å². The average molecular weight is 237 g/mol. The van der Waals surface area contributed by atoms with Crippen LogP contribution < -0.4 is 5.73 Å². The molecule has 2 heteroatoms. The Kier molecular flexibility index (Phi) is 5.93. The zero-order valence-electron chi connectivity index (χ0n) is 10.6. The lowest BCUT2D eigenvalue weighted by Gasteiger charge is -2.13. The standard InChI is InChI=1S/C14H23NS/c1-4-13(15)9-12-7-5-6-8-14(12)16-10-11(2)3/h5-8,11,13H,4,9-10,15H2,1-3H3. The zero-order valence-corrected chi connectivity index (χ0v) is 11.4. The lowest BCUT2D eigenvalue weighted by molar-refractivity contribution is 0.641. The van der Waals surface area contributed by atoms with E-state index < -0.39 is 0 Å². The van der Waals surface area contributed by atoms with E-state index in [-0.39, 0.29) is 0 Å². The number of benzene rings is 1. The van der Waals surface area contributed by atoms with Crippen molar-refractivity contribution in [1.29, 1.82) is 0 Å². The summed E-state index contributed by atoms with van der Waals surface area (Å²) in [6.07, 6.45) is 2.04. The molecular formula is C14H23NS. The molecule has 2 N–H and O–H groups in total. The summed E-state index contributed by atoms with van der Waals surface area (Å²) in [7, 11) is 0. The molecule has 1 nitrogen and oxygen atoms in total. The summed E-state index contributed by atoms with van der Waals surface area (Å²) in [5, 5.41) is 0. The van der Waals surface area contributed by atoms with E-state index in [2.05, 4.69) is 45.0 Å². The smallest absolute Gasteiger partial charge is 0.0105 e. The van der Waals surface area contributed by atoms with Gasteiger partial charge in [0.1, 0.15) is 0 Å². The summed E-state index contributed by atoms with van der Waals surface area (Å²) in [5.74, 6) is 1.91. The van der Waals surface area contributed by atoms with Crippen LogP contribution in [0.5, 0.6) is 0 Å². The third-order valence-corrected chi connectivity index (χ3v) is 4.09. The van der Waals surface area contributed by atoms with Crippen LogP contribution in [0.25, 0.3) is 0 Å².